The fraction of sp³-hybridized carbons (Fsp3) is 0.259. The number of nitrogens with two attached hydrogens (primary N) is 1. The second-order valence-electron chi connectivity index (χ2n) is 8.59. The van der Waals surface area contributed by atoms with Crippen LogP contribution in [0.15, 0.2) is 71.5 Å². The van der Waals surface area contributed by atoms with Crippen molar-refractivity contribution in [3.8, 4) is 0 Å². The number of carbonyl (C=O) groups is 1. The lowest BCUT2D eigenvalue weighted by molar-refractivity contribution is -0.113. The highest BCUT2D eigenvalue weighted by Crippen LogP contribution is 2.36. The lowest BCUT2D eigenvalue weighted by Gasteiger charge is -2.32. The van der Waals surface area contributed by atoms with Crippen LogP contribution in [0.2, 0.25) is 0 Å². The predicted molar refractivity (Wildman–Crippen MR) is 136 cm³/mol. The number of aryl methyl sites for hydroxylation is 1. The number of benzene rings is 2. The van der Waals surface area contributed by atoms with Crippen LogP contribution in [0.3, 0.4) is 0 Å². The molecule has 1 unspecified atom stereocenters. The monoisotopic (exact) mass is 469 g/mol. The molecular formula is C27H27N5O3. The molecule has 1 amide bonds. The molecular weight excluding hydrogens is 442 g/mol. The van der Waals surface area contributed by atoms with Gasteiger partial charge in [0.1, 0.15) is 23.4 Å². The third-order valence-corrected chi connectivity index (χ3v) is 6.50. The Hall–Kier alpha value is -3.97. The molecule has 35 heavy (non-hydrogen) atoms. The molecule has 4 N–H and O–H groups in total. The number of fused-ring (bicyclic) bond motifs is 2. The normalized spacial score (nSPS) is 17.8. The maximum atomic E-state index is 13.3. The van der Waals surface area contributed by atoms with Gasteiger partial charge in [-0.1, -0.05) is 24.3 Å². The quantitative estimate of drug-likeness (QED) is 0.494. The van der Waals surface area contributed by atoms with Gasteiger partial charge < -0.3 is 25.7 Å². The molecule has 178 valence electrons. The number of anilines is 2. The van der Waals surface area contributed by atoms with Gasteiger partial charge in [0.05, 0.1) is 34.6 Å². The number of aromatic nitrogens is 2. The van der Waals surface area contributed by atoms with Crippen molar-refractivity contribution in [2.45, 2.75) is 31.9 Å². The van der Waals surface area contributed by atoms with Crippen LogP contribution in [0, 0.1) is 0 Å². The molecule has 0 saturated heterocycles. The summed E-state index contributed by atoms with van der Waals surface area (Å²) >= 11 is 0. The van der Waals surface area contributed by atoms with Crippen LogP contribution in [-0.4, -0.2) is 41.6 Å². The number of H-pyrrole nitrogens is 1. The maximum Gasteiger partial charge on any atom is 0.254 e. The van der Waals surface area contributed by atoms with E-state index < -0.39 is 6.10 Å². The highest BCUT2D eigenvalue weighted by Gasteiger charge is 2.34. The molecule has 3 aromatic rings. The van der Waals surface area contributed by atoms with Crippen molar-refractivity contribution in [3.05, 3.63) is 82.8 Å². The summed E-state index contributed by atoms with van der Waals surface area (Å²) < 4.78 is 5.68. The summed E-state index contributed by atoms with van der Waals surface area (Å²) in [5, 5.41) is 2.92. The van der Waals surface area contributed by atoms with E-state index in [1.807, 2.05) is 30.3 Å². The summed E-state index contributed by atoms with van der Waals surface area (Å²) in [6, 6.07) is 13.7. The summed E-state index contributed by atoms with van der Waals surface area (Å²) in [5.41, 5.74) is 11.3. The average Bonchev–Trinajstić information content (AvgIpc) is 3.21. The maximum absolute atomic E-state index is 13.3. The van der Waals surface area contributed by atoms with E-state index in [1.54, 1.807) is 12.1 Å². The van der Waals surface area contributed by atoms with Crippen molar-refractivity contribution < 1.29 is 14.3 Å². The largest absolute Gasteiger partial charge is 0.371 e. The zero-order chi connectivity index (χ0) is 24.4. The minimum atomic E-state index is -0.846. The van der Waals surface area contributed by atoms with E-state index in [0.29, 0.717) is 33.9 Å². The number of para-hydroxylation sites is 2. The van der Waals surface area contributed by atoms with E-state index >= 15 is 0 Å². The summed E-state index contributed by atoms with van der Waals surface area (Å²) in [6.45, 7) is 1.03. The lowest BCUT2D eigenvalue weighted by Crippen LogP contribution is -2.35. The first-order chi connectivity index (χ1) is 17.1. The van der Waals surface area contributed by atoms with Crippen molar-refractivity contribution in [3.63, 3.8) is 0 Å². The molecule has 0 spiro atoms. The Kier molecular flexibility index (Phi) is 6.33. The van der Waals surface area contributed by atoms with Crippen molar-refractivity contribution in [2.24, 2.45) is 5.73 Å². The highest BCUT2D eigenvalue weighted by molar-refractivity contribution is 6.09. The van der Waals surface area contributed by atoms with Crippen molar-refractivity contribution in [1.82, 2.24) is 9.97 Å². The molecule has 0 fully saturated rings. The molecule has 8 nitrogen and oxygen atoms in total. The molecule has 0 radical (unpaired) electrons. The standard InChI is InChI=1S/C27H27N5O3/c1-35-26-18(27(34)30-21-10-6-9-20-25(21)31-24(15-28)29-20)12-13-23(19(26)16-33)32-14-5-4-8-17-7-2-3-11-22(17)32/h2-3,6-7,9-13,26H,4-5,8,14-15,28H2,1H3,(H,29,31)(H,30,34). The molecule has 2 aromatic carbocycles. The average molecular weight is 470 g/mol. The van der Waals surface area contributed by atoms with Gasteiger partial charge in [-0.15, -0.1) is 0 Å². The second kappa shape index (κ2) is 9.72. The number of hydrogen-bond acceptors (Lipinski definition) is 6. The number of nitrogens with one attached hydrogen (secondary N) is 2. The van der Waals surface area contributed by atoms with Crippen molar-refractivity contribution >= 4 is 34.3 Å². The first kappa shape index (κ1) is 22.8. The fourth-order valence-corrected chi connectivity index (χ4v) is 4.83. The molecule has 1 aliphatic heterocycles. The van der Waals surface area contributed by atoms with Gasteiger partial charge in [-0.25, -0.2) is 9.78 Å². The molecule has 5 rings (SSSR count). The van der Waals surface area contributed by atoms with E-state index in [9.17, 15) is 9.59 Å². The predicted octanol–water partition coefficient (Wildman–Crippen LogP) is 3.40. The summed E-state index contributed by atoms with van der Waals surface area (Å²) in [6.07, 6.45) is 5.74. The third-order valence-electron chi connectivity index (χ3n) is 6.50. The fourth-order valence-electron chi connectivity index (χ4n) is 4.83. The van der Waals surface area contributed by atoms with Crippen molar-refractivity contribution in [2.75, 3.05) is 23.9 Å². The zero-order valence-electron chi connectivity index (χ0n) is 19.5. The number of nitrogens with zero attached hydrogens (tertiary/aromatic N) is 2. The van der Waals surface area contributed by atoms with Crippen LogP contribution >= 0.6 is 0 Å². The van der Waals surface area contributed by atoms with Gasteiger partial charge in [-0.2, -0.15) is 0 Å². The Morgan fingerprint density at radius 3 is 2.89 bits per heavy atom. The van der Waals surface area contributed by atoms with Crippen LogP contribution in [0.4, 0.5) is 11.4 Å². The zero-order valence-corrected chi connectivity index (χ0v) is 19.5. The Morgan fingerprint density at radius 1 is 1.23 bits per heavy atom. The smallest absolute Gasteiger partial charge is 0.254 e. The molecule has 0 saturated carbocycles. The number of aromatic amines is 1. The number of allylic oxidation sites excluding steroid dienone is 2. The van der Waals surface area contributed by atoms with Gasteiger partial charge in [0.25, 0.3) is 5.91 Å². The van der Waals surface area contributed by atoms with Gasteiger partial charge in [0, 0.05) is 19.3 Å². The lowest BCUT2D eigenvalue weighted by atomic mass is 9.92. The second-order valence-corrected chi connectivity index (χ2v) is 8.59. The van der Waals surface area contributed by atoms with Crippen LogP contribution in [-0.2, 0) is 27.3 Å². The number of methoxy groups -OCH3 is 1. The Bertz CT molecular complexity index is 1400. The molecule has 1 aliphatic carbocycles. The van der Waals surface area contributed by atoms with E-state index in [1.165, 1.54) is 12.7 Å². The molecule has 0 bridgehead atoms. The van der Waals surface area contributed by atoms with Gasteiger partial charge in [0.2, 0.25) is 0 Å². The van der Waals surface area contributed by atoms with E-state index in [0.717, 1.165) is 37.0 Å². The third kappa shape index (κ3) is 4.19. The number of ether oxygens (including phenoxy) is 1. The van der Waals surface area contributed by atoms with Crippen LogP contribution < -0.4 is 16.0 Å². The number of amides is 1. The van der Waals surface area contributed by atoms with E-state index in [2.05, 4.69) is 38.3 Å². The van der Waals surface area contributed by atoms with Crippen LogP contribution in [0.25, 0.3) is 11.0 Å². The van der Waals surface area contributed by atoms with Crippen molar-refractivity contribution in [1.29, 1.82) is 0 Å². The molecule has 1 atom stereocenters. The Balaban J connectivity index is 1.51. The van der Waals surface area contributed by atoms with Gasteiger partial charge in [-0.05, 0) is 55.2 Å². The van der Waals surface area contributed by atoms with Crippen LogP contribution in [0.5, 0.6) is 0 Å². The first-order valence-electron chi connectivity index (χ1n) is 11.7. The van der Waals surface area contributed by atoms with Gasteiger partial charge >= 0.3 is 0 Å². The number of rotatable bonds is 5. The van der Waals surface area contributed by atoms with Gasteiger partial charge in [0.15, 0.2) is 0 Å². The molecule has 2 heterocycles. The Morgan fingerprint density at radius 2 is 2.09 bits per heavy atom. The number of hydrogen-bond donors (Lipinski definition) is 3. The topological polar surface area (TPSA) is 113 Å². The summed E-state index contributed by atoms with van der Waals surface area (Å²) in [5.74, 6) is 2.33. The van der Waals surface area contributed by atoms with E-state index in [-0.39, 0.29) is 12.5 Å². The van der Waals surface area contributed by atoms with Crippen LogP contribution in [0.1, 0.15) is 24.2 Å². The molecule has 8 heteroatoms. The first-order valence-corrected chi connectivity index (χ1v) is 11.7. The number of carbonyl (C=O) groups excluding carboxylic acids is 2. The highest BCUT2D eigenvalue weighted by atomic mass is 16.5. The summed E-state index contributed by atoms with van der Waals surface area (Å²) in [4.78, 5) is 35.3. The minimum absolute atomic E-state index is 0.264. The van der Waals surface area contributed by atoms with E-state index in [4.69, 9.17) is 10.5 Å². The Labute approximate surface area is 203 Å². The van der Waals surface area contributed by atoms with Gasteiger partial charge in [-0.3, -0.25) is 4.79 Å². The minimum Gasteiger partial charge on any atom is -0.371 e. The molecule has 2 aliphatic rings. The summed E-state index contributed by atoms with van der Waals surface area (Å²) in [7, 11) is 1.49. The molecule has 1 aromatic heterocycles. The SMILES string of the molecule is COC1C(=C=O)C(N2CCCCc3ccccc32)=CC=C1C(=O)Nc1cccc2[nH]c(CN)nc12. The number of imidazole rings is 1.